The van der Waals surface area contributed by atoms with Gasteiger partial charge in [-0.15, -0.1) is 0 Å². The number of pyridine rings is 1. The lowest BCUT2D eigenvalue weighted by Crippen LogP contribution is -2.33. The number of aromatic nitrogens is 2. The zero-order valence-electron chi connectivity index (χ0n) is 14.6. The van der Waals surface area contributed by atoms with E-state index in [4.69, 9.17) is 14.2 Å². The summed E-state index contributed by atoms with van der Waals surface area (Å²) in [5.74, 6) is 0.600. The van der Waals surface area contributed by atoms with Gasteiger partial charge >= 0.3 is 0 Å². The van der Waals surface area contributed by atoms with Crippen LogP contribution in [0, 0.1) is 0 Å². The van der Waals surface area contributed by atoms with E-state index in [1.54, 1.807) is 24.4 Å². The van der Waals surface area contributed by atoms with Gasteiger partial charge in [0.05, 0.1) is 23.9 Å². The molecular weight excluding hydrogens is 366 g/mol. The highest BCUT2D eigenvalue weighted by Crippen LogP contribution is 2.32. The summed E-state index contributed by atoms with van der Waals surface area (Å²) in [5.41, 5.74) is 1.71. The van der Waals surface area contributed by atoms with Gasteiger partial charge in [-0.1, -0.05) is 11.3 Å². The summed E-state index contributed by atoms with van der Waals surface area (Å²) < 4.78 is 17.0. The second-order valence-corrected chi connectivity index (χ2v) is 6.79. The highest BCUT2D eigenvalue weighted by Gasteiger charge is 2.26. The predicted octanol–water partition coefficient (Wildman–Crippen LogP) is 3.12. The molecule has 2 aromatic heterocycles. The van der Waals surface area contributed by atoms with Gasteiger partial charge in [0.25, 0.3) is 5.91 Å². The Labute approximate surface area is 159 Å². The fourth-order valence-corrected chi connectivity index (χ4v) is 3.59. The van der Waals surface area contributed by atoms with Crippen molar-refractivity contribution in [3.63, 3.8) is 0 Å². The van der Waals surface area contributed by atoms with E-state index in [0.717, 1.165) is 21.5 Å². The third kappa shape index (κ3) is 3.70. The summed E-state index contributed by atoms with van der Waals surface area (Å²) in [7, 11) is 1.61. The molecule has 3 heterocycles. The Bertz CT molecular complexity index is 987. The van der Waals surface area contributed by atoms with E-state index in [-0.39, 0.29) is 11.7 Å². The van der Waals surface area contributed by atoms with Crippen molar-refractivity contribution < 1.29 is 19.0 Å². The Morgan fingerprint density at radius 2 is 2.11 bits per heavy atom. The number of methoxy groups -OCH3 is 1. The number of fused-ring (bicyclic) bond motifs is 1. The van der Waals surface area contributed by atoms with E-state index in [2.05, 4.69) is 9.97 Å². The Hall–Kier alpha value is -3.13. The molecule has 1 amide bonds. The van der Waals surface area contributed by atoms with Gasteiger partial charge in [0, 0.05) is 18.5 Å². The lowest BCUT2D eigenvalue weighted by Gasteiger charge is -2.23. The molecule has 8 heteroatoms. The first-order valence-electron chi connectivity index (χ1n) is 8.34. The molecule has 0 saturated carbocycles. The van der Waals surface area contributed by atoms with Crippen LogP contribution in [0.15, 0.2) is 54.7 Å². The van der Waals surface area contributed by atoms with Crippen molar-refractivity contribution in [1.82, 2.24) is 9.97 Å². The van der Waals surface area contributed by atoms with Gasteiger partial charge in [-0.3, -0.25) is 14.7 Å². The van der Waals surface area contributed by atoms with Crippen molar-refractivity contribution in [3.05, 3.63) is 60.3 Å². The number of nitrogens with zero attached hydrogens (tertiary/aromatic N) is 3. The number of rotatable bonds is 5. The molecule has 0 bridgehead atoms. The Kier molecular flexibility index (Phi) is 4.88. The van der Waals surface area contributed by atoms with Crippen molar-refractivity contribution in [1.29, 1.82) is 0 Å². The monoisotopic (exact) mass is 383 g/mol. The average molecular weight is 383 g/mol. The molecular formula is C19H17N3O4S. The number of hydrogen-bond acceptors (Lipinski definition) is 7. The summed E-state index contributed by atoms with van der Waals surface area (Å²) in [5, 5.41) is 0.579. The van der Waals surface area contributed by atoms with Gasteiger partial charge in [-0.2, -0.15) is 0 Å². The highest BCUT2D eigenvalue weighted by molar-refractivity contribution is 7.22. The van der Waals surface area contributed by atoms with Crippen molar-refractivity contribution in [2.45, 2.75) is 6.54 Å². The first kappa shape index (κ1) is 17.3. The molecule has 4 rings (SSSR count). The number of thiazole rings is 1. The number of benzene rings is 1. The molecule has 1 aliphatic heterocycles. The average Bonchev–Trinajstić information content (AvgIpc) is 3.15. The molecule has 7 nitrogen and oxygen atoms in total. The summed E-state index contributed by atoms with van der Waals surface area (Å²) >= 11 is 1.44. The Morgan fingerprint density at radius 1 is 1.26 bits per heavy atom. The number of anilines is 1. The van der Waals surface area contributed by atoms with Crippen molar-refractivity contribution in [2.24, 2.45) is 0 Å². The number of carbonyl (C=O) groups is 1. The van der Waals surface area contributed by atoms with Crippen LogP contribution in [0.2, 0.25) is 0 Å². The van der Waals surface area contributed by atoms with Crippen LogP contribution >= 0.6 is 11.3 Å². The second kappa shape index (κ2) is 7.63. The van der Waals surface area contributed by atoms with Crippen LogP contribution in [0.4, 0.5) is 5.13 Å². The first-order valence-corrected chi connectivity index (χ1v) is 9.16. The van der Waals surface area contributed by atoms with Crippen LogP contribution < -0.4 is 9.64 Å². The van der Waals surface area contributed by atoms with Gasteiger partial charge in [0.2, 0.25) is 5.76 Å². The van der Waals surface area contributed by atoms with Gasteiger partial charge in [0.1, 0.15) is 25.2 Å². The highest BCUT2D eigenvalue weighted by atomic mass is 32.1. The van der Waals surface area contributed by atoms with Crippen LogP contribution in [0.1, 0.15) is 5.56 Å². The number of carbonyl (C=O) groups excluding carboxylic acids is 1. The van der Waals surface area contributed by atoms with Crippen LogP contribution in [0.5, 0.6) is 5.75 Å². The first-order chi connectivity index (χ1) is 13.2. The third-order valence-corrected chi connectivity index (χ3v) is 5.07. The molecule has 138 valence electrons. The van der Waals surface area contributed by atoms with Crippen molar-refractivity contribution >= 4 is 32.6 Å². The third-order valence-electron chi connectivity index (χ3n) is 4.01. The number of hydrogen-bond donors (Lipinski definition) is 0. The van der Waals surface area contributed by atoms with E-state index in [1.807, 2.05) is 30.3 Å². The van der Waals surface area contributed by atoms with E-state index >= 15 is 0 Å². The van der Waals surface area contributed by atoms with E-state index < -0.39 is 0 Å². The lowest BCUT2D eigenvalue weighted by molar-refractivity contribution is -0.119. The lowest BCUT2D eigenvalue weighted by atomic mass is 10.2. The van der Waals surface area contributed by atoms with Crippen LogP contribution in [0.25, 0.3) is 10.2 Å². The second-order valence-electron chi connectivity index (χ2n) is 5.78. The SMILES string of the molecule is COc1ccc2sc(N(Cc3ccncc3)C(=O)C3=COCCO3)nc2c1. The summed E-state index contributed by atoms with van der Waals surface area (Å²) in [6.45, 7) is 1.12. The minimum Gasteiger partial charge on any atom is -0.497 e. The summed E-state index contributed by atoms with van der Waals surface area (Å²) in [4.78, 5) is 23.3. The standard InChI is InChI=1S/C19H17N3O4S/c1-24-14-2-3-17-15(10-14)21-19(27-17)22(11-13-4-6-20-7-5-13)18(23)16-12-25-8-9-26-16/h2-7,10,12H,8-9,11H2,1H3. The molecule has 1 aliphatic rings. The molecule has 0 saturated heterocycles. The minimum absolute atomic E-state index is 0.173. The molecule has 0 N–H and O–H groups in total. The molecule has 3 aromatic rings. The van der Waals surface area contributed by atoms with Gasteiger partial charge in [0.15, 0.2) is 5.13 Å². The maximum Gasteiger partial charge on any atom is 0.298 e. The van der Waals surface area contributed by atoms with Crippen LogP contribution in [-0.2, 0) is 20.8 Å². The van der Waals surface area contributed by atoms with Crippen molar-refractivity contribution in [2.75, 3.05) is 25.2 Å². The molecule has 27 heavy (non-hydrogen) atoms. The topological polar surface area (TPSA) is 73.8 Å². The Morgan fingerprint density at radius 3 is 2.85 bits per heavy atom. The van der Waals surface area contributed by atoms with Crippen LogP contribution in [-0.4, -0.2) is 36.2 Å². The van der Waals surface area contributed by atoms with Crippen LogP contribution in [0.3, 0.4) is 0 Å². The molecule has 0 spiro atoms. The number of ether oxygens (including phenoxy) is 3. The van der Waals surface area contributed by atoms with E-state index in [1.165, 1.54) is 17.6 Å². The zero-order valence-corrected chi connectivity index (χ0v) is 15.4. The molecule has 0 aliphatic carbocycles. The quantitative estimate of drug-likeness (QED) is 0.674. The largest absolute Gasteiger partial charge is 0.497 e. The van der Waals surface area contributed by atoms with Crippen molar-refractivity contribution in [3.8, 4) is 5.75 Å². The molecule has 0 atom stereocenters. The Balaban J connectivity index is 1.72. The van der Waals surface area contributed by atoms with Gasteiger partial charge in [-0.25, -0.2) is 4.98 Å². The number of amides is 1. The maximum atomic E-state index is 13.1. The van der Waals surface area contributed by atoms with E-state index in [0.29, 0.717) is 24.9 Å². The fraction of sp³-hybridized carbons (Fsp3) is 0.211. The summed E-state index contributed by atoms with van der Waals surface area (Å²) in [6, 6.07) is 9.39. The maximum absolute atomic E-state index is 13.1. The van der Waals surface area contributed by atoms with Gasteiger partial charge < -0.3 is 14.2 Å². The molecule has 0 fully saturated rings. The molecule has 0 unspecified atom stereocenters. The zero-order chi connectivity index (χ0) is 18.6. The summed E-state index contributed by atoms with van der Waals surface area (Å²) in [6.07, 6.45) is 4.75. The normalized spacial score (nSPS) is 13.4. The van der Waals surface area contributed by atoms with E-state index in [9.17, 15) is 4.79 Å². The van der Waals surface area contributed by atoms with Gasteiger partial charge in [-0.05, 0) is 29.8 Å². The molecule has 1 aromatic carbocycles. The fourth-order valence-electron chi connectivity index (χ4n) is 2.65. The predicted molar refractivity (Wildman–Crippen MR) is 102 cm³/mol. The molecule has 0 radical (unpaired) electrons. The smallest absolute Gasteiger partial charge is 0.298 e. The minimum atomic E-state index is -0.294.